The topological polar surface area (TPSA) is 51.5 Å². The van der Waals surface area contributed by atoms with Gasteiger partial charge < -0.3 is 10.2 Å². The Bertz CT molecular complexity index is 476. The van der Waals surface area contributed by atoms with Crippen molar-refractivity contribution < 1.29 is 4.42 Å². The van der Waals surface area contributed by atoms with E-state index in [1.165, 1.54) is 0 Å². The number of hydrogen-bond acceptors (Lipinski definition) is 2. The van der Waals surface area contributed by atoms with Gasteiger partial charge in [0.25, 0.3) is 0 Å². The number of nitrogens with two attached hydrogens (primary N) is 1. The molecule has 0 aliphatic carbocycles. The maximum Gasteiger partial charge on any atom is 0.136 e. The molecule has 3 nitrogen and oxygen atoms in total. The smallest absolute Gasteiger partial charge is 0.136 e. The van der Waals surface area contributed by atoms with Gasteiger partial charge in [-0.3, -0.25) is 0 Å². The van der Waals surface area contributed by atoms with Crippen molar-refractivity contribution >= 4 is 34.1 Å². The minimum Gasteiger partial charge on any atom is -0.464 e. The molecule has 0 aliphatic rings. The van der Waals surface area contributed by atoms with Crippen molar-refractivity contribution in [2.45, 2.75) is 0 Å². The summed E-state index contributed by atoms with van der Waals surface area (Å²) in [6.45, 7) is 0. The molecule has 0 bridgehead atoms. The van der Waals surface area contributed by atoms with Crippen LogP contribution in [-0.4, -0.2) is 11.7 Å². The Morgan fingerprint density at radius 2 is 2.29 bits per heavy atom. The lowest BCUT2D eigenvalue weighted by molar-refractivity contribution is 0.616. The third-order valence-electron chi connectivity index (χ3n) is 1.87. The zero-order chi connectivity index (χ0) is 9.97. The fourth-order valence-corrected chi connectivity index (χ4v) is 1.32. The molecule has 0 radical (unpaired) electrons. The number of aliphatic imine (C=N–C) groups is 1. The second-order valence-corrected chi connectivity index (χ2v) is 3.11. The van der Waals surface area contributed by atoms with Gasteiger partial charge in [0.2, 0.25) is 0 Å². The molecular weight excluding hydrogens is 200 g/mol. The highest BCUT2D eigenvalue weighted by Crippen LogP contribution is 2.26. The highest BCUT2D eigenvalue weighted by atomic mass is 35.5. The van der Waals surface area contributed by atoms with Gasteiger partial charge >= 0.3 is 0 Å². The summed E-state index contributed by atoms with van der Waals surface area (Å²) < 4.78 is 5.23. The largest absolute Gasteiger partial charge is 0.464 e. The van der Waals surface area contributed by atoms with E-state index in [9.17, 15) is 0 Å². The van der Waals surface area contributed by atoms with Crippen LogP contribution in [0.2, 0.25) is 0 Å². The quantitative estimate of drug-likeness (QED) is 0.469. The molecule has 0 saturated heterocycles. The molecular formula is C10H9ClN2O. The van der Waals surface area contributed by atoms with Gasteiger partial charge in [-0.05, 0) is 18.2 Å². The fourth-order valence-electron chi connectivity index (χ4n) is 1.26. The first-order valence-corrected chi connectivity index (χ1v) is 4.70. The lowest BCUT2D eigenvalue weighted by Crippen LogP contribution is -2.12. The number of hydrogen-bond donors (Lipinski definition) is 1. The third-order valence-corrected chi connectivity index (χ3v) is 2.15. The number of fused-ring (bicyclic) bond motifs is 1. The molecule has 1 aromatic carbocycles. The van der Waals surface area contributed by atoms with Gasteiger partial charge in [0.05, 0.1) is 17.8 Å². The summed E-state index contributed by atoms with van der Waals surface area (Å²) in [6.07, 6.45) is 1.63. The third kappa shape index (κ3) is 1.59. The van der Waals surface area contributed by atoms with Gasteiger partial charge in [-0.15, -0.1) is 11.6 Å². The number of halogens is 1. The van der Waals surface area contributed by atoms with Crippen molar-refractivity contribution in [3.05, 3.63) is 30.5 Å². The van der Waals surface area contributed by atoms with Crippen molar-refractivity contribution in [2.75, 3.05) is 5.88 Å². The molecule has 0 amide bonds. The number of rotatable bonds is 2. The minimum absolute atomic E-state index is 0.230. The molecule has 2 rings (SSSR count). The minimum atomic E-state index is 0.230. The molecule has 2 aromatic rings. The predicted octanol–water partition coefficient (Wildman–Crippen LogP) is 2.66. The summed E-state index contributed by atoms with van der Waals surface area (Å²) in [7, 11) is 0. The van der Waals surface area contributed by atoms with E-state index >= 15 is 0 Å². The summed E-state index contributed by atoms with van der Waals surface area (Å²) in [5, 5.41) is 0.945. The van der Waals surface area contributed by atoms with E-state index in [0.29, 0.717) is 5.84 Å². The fraction of sp³-hybridized carbons (Fsp3) is 0.100. The van der Waals surface area contributed by atoms with Crippen LogP contribution in [0.5, 0.6) is 0 Å². The first-order chi connectivity index (χ1) is 6.81. The monoisotopic (exact) mass is 208 g/mol. The van der Waals surface area contributed by atoms with Crippen molar-refractivity contribution in [2.24, 2.45) is 10.7 Å². The van der Waals surface area contributed by atoms with Crippen LogP contribution in [0.1, 0.15) is 0 Å². The summed E-state index contributed by atoms with van der Waals surface area (Å²) in [5.74, 6) is 0.634. The van der Waals surface area contributed by atoms with Crippen molar-refractivity contribution in [3.8, 4) is 0 Å². The molecule has 2 N–H and O–H groups in total. The Hall–Kier alpha value is -1.48. The lowest BCUT2D eigenvalue weighted by Gasteiger charge is -1.97. The molecule has 72 valence electrons. The number of nitrogens with zero attached hydrogens (tertiary/aromatic N) is 1. The molecule has 0 saturated carbocycles. The Morgan fingerprint density at radius 3 is 3.07 bits per heavy atom. The Labute approximate surface area is 86.2 Å². The van der Waals surface area contributed by atoms with E-state index in [2.05, 4.69) is 4.99 Å². The lowest BCUT2D eigenvalue weighted by atomic mass is 10.2. The van der Waals surface area contributed by atoms with Crippen molar-refractivity contribution in [1.82, 2.24) is 0 Å². The van der Waals surface area contributed by atoms with Crippen LogP contribution in [0.15, 0.2) is 39.9 Å². The second-order valence-electron chi connectivity index (χ2n) is 2.85. The second kappa shape index (κ2) is 3.72. The molecule has 1 heterocycles. The maximum absolute atomic E-state index is 5.55. The van der Waals surface area contributed by atoms with Gasteiger partial charge in [0.1, 0.15) is 11.4 Å². The van der Waals surface area contributed by atoms with E-state index in [1.807, 2.05) is 24.3 Å². The van der Waals surface area contributed by atoms with Crippen molar-refractivity contribution in [1.29, 1.82) is 0 Å². The average molecular weight is 209 g/mol. The van der Waals surface area contributed by atoms with E-state index in [4.69, 9.17) is 21.8 Å². The van der Waals surface area contributed by atoms with Crippen molar-refractivity contribution in [3.63, 3.8) is 0 Å². The van der Waals surface area contributed by atoms with Gasteiger partial charge in [-0.2, -0.15) is 0 Å². The Morgan fingerprint density at radius 1 is 1.43 bits per heavy atom. The molecule has 4 heteroatoms. The average Bonchev–Trinajstić information content (AvgIpc) is 2.66. The van der Waals surface area contributed by atoms with Gasteiger partial charge in [-0.25, -0.2) is 4.99 Å². The summed E-state index contributed by atoms with van der Waals surface area (Å²) in [4.78, 5) is 4.18. The number of furan rings is 1. The first kappa shape index (κ1) is 9.09. The van der Waals surface area contributed by atoms with E-state index in [0.717, 1.165) is 16.7 Å². The first-order valence-electron chi connectivity index (χ1n) is 4.16. The van der Waals surface area contributed by atoms with Crippen LogP contribution in [0.4, 0.5) is 5.69 Å². The summed E-state index contributed by atoms with van der Waals surface area (Å²) >= 11 is 5.55. The van der Waals surface area contributed by atoms with Gasteiger partial charge in [0.15, 0.2) is 0 Å². The molecule has 0 fully saturated rings. The highest BCUT2D eigenvalue weighted by Gasteiger charge is 2.01. The van der Waals surface area contributed by atoms with Gasteiger partial charge in [-0.1, -0.05) is 6.07 Å². The summed E-state index contributed by atoms with van der Waals surface area (Å²) in [5.41, 5.74) is 7.14. The molecule has 0 spiro atoms. The molecule has 0 atom stereocenters. The van der Waals surface area contributed by atoms with Crippen LogP contribution in [0.25, 0.3) is 11.0 Å². The van der Waals surface area contributed by atoms with Crippen LogP contribution in [-0.2, 0) is 0 Å². The summed E-state index contributed by atoms with van der Waals surface area (Å²) in [6, 6.07) is 7.48. The normalized spacial score (nSPS) is 12.2. The molecule has 1 aromatic heterocycles. The number of benzene rings is 1. The SMILES string of the molecule is NC(CCl)=Nc1cccc2occc12. The highest BCUT2D eigenvalue weighted by molar-refractivity contribution is 6.28. The Balaban J connectivity index is 2.56. The molecule has 14 heavy (non-hydrogen) atoms. The van der Waals surface area contributed by atoms with Crippen LogP contribution in [0.3, 0.4) is 0 Å². The van der Waals surface area contributed by atoms with E-state index < -0.39 is 0 Å². The van der Waals surface area contributed by atoms with Crippen LogP contribution >= 0.6 is 11.6 Å². The number of amidine groups is 1. The van der Waals surface area contributed by atoms with Gasteiger partial charge in [0, 0.05) is 5.39 Å². The standard InChI is InChI=1S/C10H9ClN2O/c11-6-10(12)13-8-2-1-3-9-7(8)4-5-14-9/h1-5H,6H2,(H2,12,13). The Kier molecular flexibility index (Phi) is 2.41. The zero-order valence-electron chi connectivity index (χ0n) is 7.40. The van der Waals surface area contributed by atoms with E-state index in [1.54, 1.807) is 6.26 Å². The zero-order valence-corrected chi connectivity index (χ0v) is 8.16. The predicted molar refractivity (Wildman–Crippen MR) is 58.2 cm³/mol. The van der Waals surface area contributed by atoms with Crippen LogP contribution < -0.4 is 5.73 Å². The number of alkyl halides is 1. The van der Waals surface area contributed by atoms with E-state index in [-0.39, 0.29) is 5.88 Å². The van der Waals surface area contributed by atoms with Crippen LogP contribution in [0, 0.1) is 0 Å². The molecule has 0 aliphatic heterocycles. The maximum atomic E-state index is 5.55. The molecule has 0 unspecified atom stereocenters.